The van der Waals surface area contributed by atoms with Gasteiger partial charge < -0.3 is 5.32 Å². The molecule has 2 atom stereocenters. The maximum absolute atomic E-state index is 11.3. The number of hydrogen-bond acceptors (Lipinski definition) is 3. The van der Waals surface area contributed by atoms with Crippen LogP contribution in [-0.4, -0.2) is 26.8 Å². The SMILES string of the molecule is CCCCCCC(CCCC)NC(C)CCCc1ccc(NS(C)(=O)=O)cc1. The van der Waals surface area contributed by atoms with Crippen molar-refractivity contribution < 1.29 is 8.42 Å². The van der Waals surface area contributed by atoms with Crippen molar-refractivity contribution in [2.45, 2.75) is 103 Å². The van der Waals surface area contributed by atoms with Gasteiger partial charge in [-0.05, 0) is 56.7 Å². The van der Waals surface area contributed by atoms with Crippen LogP contribution in [0.25, 0.3) is 0 Å². The van der Waals surface area contributed by atoms with E-state index in [1.54, 1.807) is 0 Å². The van der Waals surface area contributed by atoms with Gasteiger partial charge in [-0.1, -0.05) is 64.5 Å². The second-order valence-electron chi connectivity index (χ2n) is 8.22. The molecule has 0 aliphatic heterocycles. The highest BCUT2D eigenvalue weighted by Gasteiger charge is 2.11. The smallest absolute Gasteiger partial charge is 0.229 e. The third-order valence-electron chi connectivity index (χ3n) is 5.19. The molecule has 2 N–H and O–H groups in total. The Morgan fingerprint density at radius 1 is 0.857 bits per heavy atom. The summed E-state index contributed by atoms with van der Waals surface area (Å²) >= 11 is 0. The molecule has 4 nitrogen and oxygen atoms in total. The van der Waals surface area contributed by atoms with Crippen LogP contribution >= 0.6 is 0 Å². The van der Waals surface area contributed by atoms with Gasteiger partial charge in [-0.3, -0.25) is 4.72 Å². The fourth-order valence-electron chi connectivity index (χ4n) is 3.63. The van der Waals surface area contributed by atoms with Gasteiger partial charge in [0.1, 0.15) is 0 Å². The summed E-state index contributed by atoms with van der Waals surface area (Å²) in [5, 5.41) is 3.87. The Labute approximate surface area is 173 Å². The summed E-state index contributed by atoms with van der Waals surface area (Å²) in [5.74, 6) is 0. The third-order valence-corrected chi connectivity index (χ3v) is 5.80. The standard InChI is InChI=1S/C23H42N2O2S/c1-5-7-9-10-15-22(14-8-6-2)24-20(3)12-11-13-21-16-18-23(19-17-21)25-28(4,26)27/h16-20,22,24-25H,5-15H2,1-4H3. The van der Waals surface area contributed by atoms with Gasteiger partial charge in [0.25, 0.3) is 0 Å². The zero-order valence-corrected chi connectivity index (χ0v) is 19.3. The van der Waals surface area contributed by atoms with E-state index in [0.29, 0.717) is 17.8 Å². The molecule has 0 spiro atoms. The summed E-state index contributed by atoms with van der Waals surface area (Å²) in [6.07, 6.45) is 15.1. The summed E-state index contributed by atoms with van der Waals surface area (Å²) in [4.78, 5) is 0. The van der Waals surface area contributed by atoms with Crippen LogP contribution in [0.15, 0.2) is 24.3 Å². The molecule has 0 aromatic heterocycles. The predicted octanol–water partition coefficient (Wildman–Crippen LogP) is 5.89. The Balaban J connectivity index is 2.35. The maximum atomic E-state index is 11.3. The number of benzene rings is 1. The molecule has 28 heavy (non-hydrogen) atoms. The lowest BCUT2D eigenvalue weighted by atomic mass is 10.00. The minimum atomic E-state index is -3.21. The number of aryl methyl sites for hydroxylation is 1. The highest BCUT2D eigenvalue weighted by Crippen LogP contribution is 2.15. The van der Waals surface area contributed by atoms with Gasteiger partial charge >= 0.3 is 0 Å². The zero-order chi connectivity index (χ0) is 20.8. The molecule has 0 heterocycles. The van der Waals surface area contributed by atoms with Gasteiger partial charge in [-0.15, -0.1) is 0 Å². The monoisotopic (exact) mass is 410 g/mol. The average molecular weight is 411 g/mol. The summed E-state index contributed by atoms with van der Waals surface area (Å²) in [6, 6.07) is 8.92. The highest BCUT2D eigenvalue weighted by atomic mass is 32.2. The molecule has 5 heteroatoms. The molecule has 162 valence electrons. The van der Waals surface area contributed by atoms with E-state index < -0.39 is 10.0 Å². The maximum Gasteiger partial charge on any atom is 0.229 e. The second-order valence-corrected chi connectivity index (χ2v) is 9.97. The van der Waals surface area contributed by atoms with E-state index in [0.717, 1.165) is 12.8 Å². The van der Waals surface area contributed by atoms with E-state index in [-0.39, 0.29) is 0 Å². The van der Waals surface area contributed by atoms with Crippen LogP contribution in [0.3, 0.4) is 0 Å². The molecule has 0 saturated heterocycles. The normalized spacial score (nSPS) is 14.0. The van der Waals surface area contributed by atoms with Crippen molar-refractivity contribution in [2.24, 2.45) is 0 Å². The molecule has 0 amide bonds. The predicted molar refractivity (Wildman–Crippen MR) is 123 cm³/mol. The first-order valence-corrected chi connectivity index (χ1v) is 13.1. The van der Waals surface area contributed by atoms with Gasteiger partial charge in [-0.25, -0.2) is 8.42 Å². The first-order valence-electron chi connectivity index (χ1n) is 11.2. The van der Waals surface area contributed by atoms with Crippen molar-refractivity contribution in [3.63, 3.8) is 0 Å². The van der Waals surface area contributed by atoms with E-state index in [4.69, 9.17) is 0 Å². The van der Waals surface area contributed by atoms with Crippen LogP contribution in [0.1, 0.15) is 90.5 Å². The molecule has 1 aromatic rings. The number of sulfonamides is 1. The third kappa shape index (κ3) is 12.4. The minimum Gasteiger partial charge on any atom is -0.312 e. The fraction of sp³-hybridized carbons (Fsp3) is 0.739. The van der Waals surface area contributed by atoms with E-state index in [2.05, 4.69) is 30.8 Å². The van der Waals surface area contributed by atoms with Crippen molar-refractivity contribution in [3.05, 3.63) is 29.8 Å². The van der Waals surface area contributed by atoms with Crippen molar-refractivity contribution in [3.8, 4) is 0 Å². The Morgan fingerprint density at radius 3 is 2.11 bits per heavy atom. The van der Waals surface area contributed by atoms with Gasteiger partial charge in [0.15, 0.2) is 0 Å². The molecule has 2 unspecified atom stereocenters. The molecular formula is C23H42N2O2S. The Bertz CT molecular complexity index is 614. The largest absolute Gasteiger partial charge is 0.312 e. The van der Waals surface area contributed by atoms with E-state index in [9.17, 15) is 8.42 Å². The van der Waals surface area contributed by atoms with Crippen LogP contribution in [0.2, 0.25) is 0 Å². The lowest BCUT2D eigenvalue weighted by Crippen LogP contribution is -2.36. The zero-order valence-electron chi connectivity index (χ0n) is 18.5. The summed E-state index contributed by atoms with van der Waals surface area (Å²) in [6.45, 7) is 6.85. The van der Waals surface area contributed by atoms with Crippen molar-refractivity contribution in [2.75, 3.05) is 11.0 Å². The second kappa shape index (κ2) is 14.0. The molecule has 0 aliphatic rings. The molecule has 0 saturated carbocycles. The molecular weight excluding hydrogens is 368 g/mol. The minimum absolute atomic E-state index is 0.541. The number of nitrogens with one attached hydrogen (secondary N) is 2. The number of unbranched alkanes of at least 4 members (excludes halogenated alkanes) is 4. The summed E-state index contributed by atoms with van der Waals surface area (Å²) in [5.41, 5.74) is 1.89. The lowest BCUT2D eigenvalue weighted by molar-refractivity contribution is 0.367. The molecule has 0 aliphatic carbocycles. The average Bonchev–Trinajstić information content (AvgIpc) is 2.63. The van der Waals surface area contributed by atoms with Gasteiger partial charge in [0, 0.05) is 17.8 Å². The Morgan fingerprint density at radius 2 is 1.50 bits per heavy atom. The summed E-state index contributed by atoms with van der Waals surface area (Å²) in [7, 11) is -3.21. The van der Waals surface area contributed by atoms with E-state index in [1.165, 1.54) is 69.6 Å². The Hall–Kier alpha value is -1.07. The quantitative estimate of drug-likeness (QED) is 0.334. The van der Waals surface area contributed by atoms with Crippen LogP contribution in [-0.2, 0) is 16.4 Å². The first kappa shape index (κ1) is 25.0. The highest BCUT2D eigenvalue weighted by molar-refractivity contribution is 7.92. The molecule has 0 fully saturated rings. The fourth-order valence-corrected chi connectivity index (χ4v) is 4.19. The van der Waals surface area contributed by atoms with Crippen LogP contribution in [0.5, 0.6) is 0 Å². The topological polar surface area (TPSA) is 58.2 Å². The van der Waals surface area contributed by atoms with Crippen LogP contribution in [0, 0.1) is 0 Å². The first-order chi connectivity index (χ1) is 13.3. The molecule has 0 bridgehead atoms. The van der Waals surface area contributed by atoms with Crippen LogP contribution < -0.4 is 10.0 Å². The van der Waals surface area contributed by atoms with Gasteiger partial charge in [0.2, 0.25) is 10.0 Å². The van der Waals surface area contributed by atoms with E-state index >= 15 is 0 Å². The van der Waals surface area contributed by atoms with Crippen molar-refractivity contribution in [1.82, 2.24) is 5.32 Å². The molecule has 1 rings (SSSR count). The number of hydrogen-bond donors (Lipinski definition) is 2. The lowest BCUT2D eigenvalue weighted by Gasteiger charge is -2.23. The Kier molecular flexibility index (Phi) is 12.5. The van der Waals surface area contributed by atoms with Gasteiger partial charge in [0.05, 0.1) is 6.26 Å². The van der Waals surface area contributed by atoms with Crippen molar-refractivity contribution in [1.29, 1.82) is 0 Å². The van der Waals surface area contributed by atoms with Gasteiger partial charge in [-0.2, -0.15) is 0 Å². The van der Waals surface area contributed by atoms with Crippen molar-refractivity contribution >= 4 is 15.7 Å². The summed E-state index contributed by atoms with van der Waals surface area (Å²) < 4.78 is 25.0. The van der Waals surface area contributed by atoms with E-state index in [1.807, 2.05) is 24.3 Å². The molecule has 0 radical (unpaired) electrons. The number of anilines is 1. The van der Waals surface area contributed by atoms with Crippen LogP contribution in [0.4, 0.5) is 5.69 Å². The number of rotatable bonds is 16. The molecule has 1 aromatic carbocycles.